The Morgan fingerprint density at radius 2 is 0.826 bits per heavy atom. The second kappa shape index (κ2) is 9.59. The van der Waals surface area contributed by atoms with Crippen molar-refractivity contribution in [2.24, 2.45) is 0 Å². The van der Waals surface area contributed by atoms with Crippen molar-refractivity contribution in [1.82, 2.24) is 0 Å². The summed E-state index contributed by atoms with van der Waals surface area (Å²) in [4.78, 5) is 41.8. The molecule has 2 aromatic rings. The Hall–Kier alpha value is -3.32. The first-order valence-corrected chi connectivity index (χ1v) is 6.09. The number of hydrogen-bond acceptors (Lipinski definition) is 4. The van der Waals surface area contributed by atoms with Gasteiger partial charge in [-0.05, 0) is 0 Å². The van der Waals surface area contributed by atoms with Crippen molar-refractivity contribution in [3.63, 3.8) is 0 Å². The van der Waals surface area contributed by atoms with Gasteiger partial charge in [-0.15, -0.1) is 0 Å². The number of hydrogen-bond donors (Lipinski definition) is 2. The number of Topliss-reactive ketones (excluding diaryl/α,β-unsaturated/α-hetero) is 2. The highest BCUT2D eigenvalue weighted by Crippen LogP contribution is 1.99. The first-order valence-electron chi connectivity index (χ1n) is 6.09. The molecule has 0 aliphatic heterocycles. The Bertz CT molecular complexity index is 617. The Morgan fingerprint density at radius 3 is 1.04 bits per heavy atom. The zero-order chi connectivity index (χ0) is 16.5. The summed E-state index contributed by atoms with van der Waals surface area (Å²) in [7, 11) is 0. The molecule has 0 saturated carbocycles. The third kappa shape index (κ3) is 6.32. The number of carbonyl (C=O) groups excluding carboxylic acids is 2. The van der Waals surface area contributed by atoms with Crippen LogP contribution in [0.25, 0.3) is 0 Å². The molecular weight excluding hydrogens is 304 g/mol. The molecule has 0 amide bonds. The largest absolute Gasteiger partial charge is 0.475 e. The molecule has 0 heterocycles. The first-order chi connectivity index (χ1) is 10.4. The molecule has 0 aliphatic rings. The molecule has 23 heavy (non-hydrogen) atoms. The number of rotatable bonds is 4. The lowest BCUT2D eigenvalue weighted by Crippen LogP contribution is -2.12. The van der Waals surface area contributed by atoms with Crippen molar-refractivity contribution in [3.05, 3.63) is 71.8 Å². The number of carboxylic acids is 2. The van der Waals surface area contributed by atoms with Crippen LogP contribution >= 0.6 is 0 Å². The second-order valence-corrected chi connectivity index (χ2v) is 4.00. The number of benzene rings is 2. The molecule has 7 heteroatoms. The summed E-state index contributed by atoms with van der Waals surface area (Å²) in [6.07, 6.45) is 0. The maximum Gasteiger partial charge on any atom is 0.377 e. The standard InChI is InChI=1S/2C8H6O3.H2O/c2*9-7(8(10)11)6-4-2-1-3-5-6;/h2*1-5H,(H,10,11);1H2. The topological polar surface area (TPSA) is 140 Å². The van der Waals surface area contributed by atoms with Crippen LogP contribution in [0, 0.1) is 0 Å². The molecule has 0 aromatic heterocycles. The fourth-order valence-corrected chi connectivity index (χ4v) is 1.43. The lowest BCUT2D eigenvalue weighted by atomic mass is 10.1. The maximum atomic E-state index is 10.7. The number of ketones is 2. The SMILES string of the molecule is O.O=C(O)C(=O)c1ccccc1.O=C(O)C(=O)c1ccccc1. The summed E-state index contributed by atoms with van der Waals surface area (Å²) >= 11 is 0. The Morgan fingerprint density at radius 1 is 0.565 bits per heavy atom. The van der Waals surface area contributed by atoms with Crippen molar-refractivity contribution in [1.29, 1.82) is 0 Å². The highest BCUT2D eigenvalue weighted by atomic mass is 16.4. The molecule has 120 valence electrons. The minimum absolute atomic E-state index is 0. The molecular formula is C16H14O7. The van der Waals surface area contributed by atoms with Gasteiger partial charge in [0.15, 0.2) is 0 Å². The van der Waals surface area contributed by atoms with Crippen LogP contribution in [0.4, 0.5) is 0 Å². The summed E-state index contributed by atoms with van der Waals surface area (Å²) in [6.45, 7) is 0. The van der Waals surface area contributed by atoms with E-state index in [0.29, 0.717) is 0 Å². The third-order valence-corrected chi connectivity index (χ3v) is 2.46. The van der Waals surface area contributed by atoms with Crippen molar-refractivity contribution in [2.75, 3.05) is 0 Å². The summed E-state index contributed by atoms with van der Waals surface area (Å²) in [6, 6.07) is 15.8. The quantitative estimate of drug-likeness (QED) is 0.638. The van der Waals surface area contributed by atoms with Crippen LogP contribution in [0.1, 0.15) is 20.7 Å². The maximum absolute atomic E-state index is 10.7. The number of carbonyl (C=O) groups is 4. The van der Waals surface area contributed by atoms with Gasteiger partial charge in [-0.1, -0.05) is 60.7 Å². The molecule has 0 saturated heterocycles. The lowest BCUT2D eigenvalue weighted by molar-refractivity contribution is -0.132. The Kier molecular flexibility index (Phi) is 8.20. The molecule has 0 spiro atoms. The molecule has 4 N–H and O–H groups in total. The average molecular weight is 318 g/mol. The van der Waals surface area contributed by atoms with Gasteiger partial charge in [0.2, 0.25) is 0 Å². The molecule has 2 aromatic carbocycles. The summed E-state index contributed by atoms with van der Waals surface area (Å²) in [5.41, 5.74) is 0.417. The van der Waals surface area contributed by atoms with E-state index in [0.717, 1.165) is 0 Å². The zero-order valence-corrected chi connectivity index (χ0v) is 11.8. The van der Waals surface area contributed by atoms with E-state index in [9.17, 15) is 19.2 Å². The molecule has 0 aliphatic carbocycles. The van der Waals surface area contributed by atoms with Crippen molar-refractivity contribution in [3.8, 4) is 0 Å². The molecule has 7 nitrogen and oxygen atoms in total. The van der Waals surface area contributed by atoms with E-state index >= 15 is 0 Å². The Labute approximate surface area is 131 Å². The average Bonchev–Trinajstić information content (AvgIpc) is 2.55. The van der Waals surface area contributed by atoms with Crippen LogP contribution < -0.4 is 0 Å². The third-order valence-electron chi connectivity index (χ3n) is 2.46. The lowest BCUT2D eigenvalue weighted by Gasteiger charge is -1.91. The predicted octanol–water partition coefficient (Wildman–Crippen LogP) is 1.08. The van der Waals surface area contributed by atoms with Gasteiger partial charge in [0.1, 0.15) is 0 Å². The zero-order valence-electron chi connectivity index (χ0n) is 11.8. The van der Waals surface area contributed by atoms with Crippen molar-refractivity contribution >= 4 is 23.5 Å². The molecule has 0 unspecified atom stereocenters. The van der Waals surface area contributed by atoms with Crippen LogP contribution in [-0.4, -0.2) is 39.2 Å². The van der Waals surface area contributed by atoms with Gasteiger partial charge in [0.25, 0.3) is 11.6 Å². The van der Waals surface area contributed by atoms with Gasteiger partial charge >= 0.3 is 11.9 Å². The Balaban J connectivity index is 0.000000403. The minimum Gasteiger partial charge on any atom is -0.475 e. The van der Waals surface area contributed by atoms with Crippen LogP contribution in [-0.2, 0) is 9.59 Å². The van der Waals surface area contributed by atoms with Gasteiger partial charge < -0.3 is 15.7 Å². The monoisotopic (exact) mass is 318 g/mol. The predicted molar refractivity (Wildman–Crippen MR) is 80.4 cm³/mol. The van der Waals surface area contributed by atoms with Gasteiger partial charge in [0, 0.05) is 11.1 Å². The number of carboxylic acid groups (broad SMARTS) is 2. The van der Waals surface area contributed by atoms with Crippen LogP contribution in [0.2, 0.25) is 0 Å². The second-order valence-electron chi connectivity index (χ2n) is 4.00. The van der Waals surface area contributed by atoms with E-state index in [1.54, 1.807) is 36.4 Å². The minimum atomic E-state index is -1.42. The van der Waals surface area contributed by atoms with Gasteiger partial charge in [-0.25, -0.2) is 9.59 Å². The molecule has 0 radical (unpaired) electrons. The molecule has 2 rings (SSSR count). The van der Waals surface area contributed by atoms with E-state index in [1.807, 2.05) is 0 Å². The highest BCUT2D eigenvalue weighted by Gasteiger charge is 2.13. The van der Waals surface area contributed by atoms with E-state index < -0.39 is 23.5 Å². The summed E-state index contributed by atoms with van der Waals surface area (Å²) < 4.78 is 0. The van der Waals surface area contributed by atoms with Crippen molar-refractivity contribution < 1.29 is 34.9 Å². The summed E-state index contributed by atoms with van der Waals surface area (Å²) in [5, 5.41) is 16.6. The van der Waals surface area contributed by atoms with Crippen molar-refractivity contribution in [2.45, 2.75) is 0 Å². The fourth-order valence-electron chi connectivity index (χ4n) is 1.43. The molecule has 0 bridgehead atoms. The smallest absolute Gasteiger partial charge is 0.377 e. The van der Waals surface area contributed by atoms with E-state index in [1.165, 1.54) is 24.3 Å². The highest BCUT2D eigenvalue weighted by molar-refractivity contribution is 6.40. The van der Waals surface area contributed by atoms with Gasteiger partial charge in [0.05, 0.1) is 0 Å². The van der Waals surface area contributed by atoms with Crippen LogP contribution in [0.3, 0.4) is 0 Å². The summed E-state index contributed by atoms with van der Waals surface area (Å²) in [5.74, 6) is -4.58. The van der Waals surface area contributed by atoms with E-state index in [2.05, 4.69) is 0 Å². The van der Waals surface area contributed by atoms with E-state index in [-0.39, 0.29) is 16.6 Å². The fraction of sp³-hybridized carbons (Fsp3) is 0. The molecule has 0 atom stereocenters. The normalized spacial score (nSPS) is 8.70. The molecule has 0 fully saturated rings. The van der Waals surface area contributed by atoms with E-state index in [4.69, 9.17) is 10.2 Å². The number of aliphatic carboxylic acids is 2. The van der Waals surface area contributed by atoms with Gasteiger partial charge in [-0.2, -0.15) is 0 Å². The van der Waals surface area contributed by atoms with Crippen LogP contribution in [0.15, 0.2) is 60.7 Å². The van der Waals surface area contributed by atoms with Gasteiger partial charge in [-0.3, -0.25) is 9.59 Å². The van der Waals surface area contributed by atoms with Crippen LogP contribution in [0.5, 0.6) is 0 Å². The first kappa shape index (κ1) is 19.7.